The zero-order valence-electron chi connectivity index (χ0n) is 10.2. The van der Waals surface area contributed by atoms with E-state index >= 15 is 0 Å². The predicted octanol–water partition coefficient (Wildman–Crippen LogP) is 2.88. The summed E-state index contributed by atoms with van der Waals surface area (Å²) in [4.78, 5) is 4.23. The van der Waals surface area contributed by atoms with Crippen LogP contribution in [0.15, 0.2) is 12.3 Å². The van der Waals surface area contributed by atoms with E-state index in [4.69, 9.17) is 16.3 Å². The minimum Gasteiger partial charge on any atom is -0.473 e. The van der Waals surface area contributed by atoms with Crippen molar-refractivity contribution >= 4 is 11.6 Å². The normalized spacial score (nSPS) is 12.9. The maximum absolute atomic E-state index is 6.10. The quantitative estimate of drug-likeness (QED) is 0.862. The molecule has 4 heteroatoms. The van der Waals surface area contributed by atoms with Gasteiger partial charge in [0.15, 0.2) is 0 Å². The second-order valence-electron chi connectivity index (χ2n) is 4.23. The van der Waals surface area contributed by atoms with Gasteiger partial charge in [0.1, 0.15) is 5.02 Å². The molecule has 0 fully saturated rings. The number of halogens is 1. The molecule has 3 nitrogen and oxygen atoms in total. The third-order valence-electron chi connectivity index (χ3n) is 2.48. The van der Waals surface area contributed by atoms with Crippen LogP contribution in [0.5, 0.6) is 5.88 Å². The Hall–Kier alpha value is -0.800. The summed E-state index contributed by atoms with van der Waals surface area (Å²) in [6.07, 6.45) is 1.89. The molecule has 0 bridgehead atoms. The van der Waals surface area contributed by atoms with Crippen LogP contribution in [0.1, 0.15) is 26.3 Å². The molecule has 1 heterocycles. The molecule has 1 unspecified atom stereocenters. The summed E-state index contributed by atoms with van der Waals surface area (Å²) in [6, 6.07) is 1.88. The van der Waals surface area contributed by atoms with Crippen molar-refractivity contribution < 1.29 is 4.74 Å². The van der Waals surface area contributed by atoms with E-state index in [-0.39, 0.29) is 6.10 Å². The minimum atomic E-state index is 0.111. The average molecular weight is 243 g/mol. The Labute approximate surface area is 102 Å². The van der Waals surface area contributed by atoms with Crippen molar-refractivity contribution in [3.63, 3.8) is 0 Å². The topological polar surface area (TPSA) is 34.2 Å². The molecule has 0 aliphatic rings. The van der Waals surface area contributed by atoms with Crippen molar-refractivity contribution in [2.24, 2.45) is 5.92 Å². The lowest BCUT2D eigenvalue weighted by Crippen LogP contribution is -2.19. The Bertz CT molecular complexity index is 342. The largest absolute Gasteiger partial charge is 0.473 e. The van der Waals surface area contributed by atoms with E-state index < -0.39 is 0 Å². The lowest BCUT2D eigenvalue weighted by atomic mass is 10.1. The molecule has 0 saturated heterocycles. The van der Waals surface area contributed by atoms with Crippen LogP contribution in [-0.2, 0) is 6.54 Å². The fraction of sp³-hybridized carbons (Fsp3) is 0.583. The molecule has 1 atom stereocenters. The highest BCUT2D eigenvalue weighted by Crippen LogP contribution is 2.24. The molecule has 0 aliphatic heterocycles. The van der Waals surface area contributed by atoms with Crippen molar-refractivity contribution in [2.75, 3.05) is 7.05 Å². The molecular weight excluding hydrogens is 224 g/mol. The van der Waals surface area contributed by atoms with Gasteiger partial charge >= 0.3 is 0 Å². The van der Waals surface area contributed by atoms with Crippen molar-refractivity contribution in [3.8, 4) is 5.88 Å². The second kappa shape index (κ2) is 6.06. The molecule has 0 saturated carbocycles. The highest BCUT2D eigenvalue weighted by molar-refractivity contribution is 6.31. The molecule has 90 valence electrons. The van der Waals surface area contributed by atoms with Gasteiger partial charge in [0, 0.05) is 12.7 Å². The lowest BCUT2D eigenvalue weighted by Gasteiger charge is -2.18. The highest BCUT2D eigenvalue weighted by Gasteiger charge is 2.12. The third kappa shape index (κ3) is 3.65. The van der Waals surface area contributed by atoms with Crippen LogP contribution in [0.25, 0.3) is 0 Å². The van der Waals surface area contributed by atoms with Crippen LogP contribution in [0.3, 0.4) is 0 Å². The minimum absolute atomic E-state index is 0.111. The van der Waals surface area contributed by atoms with E-state index in [9.17, 15) is 0 Å². The van der Waals surface area contributed by atoms with Gasteiger partial charge in [-0.15, -0.1) is 0 Å². The Morgan fingerprint density at radius 1 is 1.44 bits per heavy atom. The zero-order chi connectivity index (χ0) is 12.1. The van der Waals surface area contributed by atoms with Gasteiger partial charge in [-0.2, -0.15) is 0 Å². The number of ether oxygens (including phenoxy) is 1. The summed E-state index contributed by atoms with van der Waals surface area (Å²) in [6.45, 7) is 6.98. The van der Waals surface area contributed by atoms with Crippen molar-refractivity contribution in [3.05, 3.63) is 22.8 Å². The number of hydrogen-bond acceptors (Lipinski definition) is 3. The first-order valence-electron chi connectivity index (χ1n) is 5.50. The molecule has 0 spiro atoms. The smallest absolute Gasteiger partial charge is 0.232 e. The molecule has 16 heavy (non-hydrogen) atoms. The summed E-state index contributed by atoms with van der Waals surface area (Å²) in [5.74, 6) is 0.956. The number of rotatable bonds is 5. The number of pyridine rings is 1. The van der Waals surface area contributed by atoms with Gasteiger partial charge in [-0.25, -0.2) is 4.98 Å². The Morgan fingerprint density at radius 3 is 2.62 bits per heavy atom. The monoisotopic (exact) mass is 242 g/mol. The first kappa shape index (κ1) is 13.3. The van der Waals surface area contributed by atoms with Gasteiger partial charge in [-0.05, 0) is 31.5 Å². The number of aromatic nitrogens is 1. The summed E-state index contributed by atoms with van der Waals surface area (Å²) >= 11 is 6.10. The molecule has 0 amide bonds. The molecule has 0 radical (unpaired) electrons. The van der Waals surface area contributed by atoms with Gasteiger partial charge < -0.3 is 10.1 Å². The Morgan fingerprint density at radius 2 is 2.12 bits per heavy atom. The average Bonchev–Trinajstić information content (AvgIpc) is 2.22. The van der Waals surface area contributed by atoms with Gasteiger partial charge in [0.05, 0.1) is 6.10 Å². The van der Waals surface area contributed by atoms with Crippen LogP contribution in [0.4, 0.5) is 0 Å². The summed E-state index contributed by atoms with van der Waals surface area (Å²) < 4.78 is 5.68. The van der Waals surface area contributed by atoms with E-state index in [2.05, 4.69) is 24.1 Å². The van der Waals surface area contributed by atoms with Crippen molar-refractivity contribution in [1.82, 2.24) is 10.3 Å². The van der Waals surface area contributed by atoms with Crippen LogP contribution in [-0.4, -0.2) is 18.1 Å². The fourth-order valence-electron chi connectivity index (χ4n) is 1.16. The van der Waals surface area contributed by atoms with Crippen LogP contribution < -0.4 is 10.1 Å². The second-order valence-corrected chi connectivity index (χ2v) is 4.64. The van der Waals surface area contributed by atoms with E-state index in [1.165, 1.54) is 0 Å². The standard InChI is InChI=1S/C12H19ClN2O/c1-8(2)9(3)16-12-11(13)5-10(6-14-4)7-15-12/h5,7-9,14H,6H2,1-4H3. The maximum atomic E-state index is 6.10. The first-order chi connectivity index (χ1) is 7.54. The highest BCUT2D eigenvalue weighted by atomic mass is 35.5. The number of nitrogens with one attached hydrogen (secondary N) is 1. The Balaban J connectivity index is 2.75. The van der Waals surface area contributed by atoms with Crippen molar-refractivity contribution in [2.45, 2.75) is 33.4 Å². The molecule has 1 N–H and O–H groups in total. The van der Waals surface area contributed by atoms with Gasteiger partial charge in [-0.3, -0.25) is 0 Å². The van der Waals surface area contributed by atoms with E-state index in [1.807, 2.05) is 20.0 Å². The molecular formula is C12H19ClN2O. The zero-order valence-corrected chi connectivity index (χ0v) is 11.0. The summed E-state index contributed by atoms with van der Waals surface area (Å²) in [7, 11) is 1.89. The van der Waals surface area contributed by atoms with E-state index in [0.717, 1.165) is 12.1 Å². The van der Waals surface area contributed by atoms with E-state index in [1.54, 1.807) is 6.20 Å². The number of nitrogens with zero attached hydrogens (tertiary/aromatic N) is 1. The molecule has 0 aliphatic carbocycles. The SMILES string of the molecule is CNCc1cnc(OC(C)C(C)C)c(Cl)c1. The molecule has 0 aromatic carbocycles. The summed E-state index contributed by atoms with van der Waals surface area (Å²) in [5, 5.41) is 3.62. The third-order valence-corrected chi connectivity index (χ3v) is 2.75. The predicted molar refractivity (Wildman–Crippen MR) is 66.9 cm³/mol. The lowest BCUT2D eigenvalue weighted by molar-refractivity contribution is 0.163. The van der Waals surface area contributed by atoms with Gasteiger partial charge in [-0.1, -0.05) is 25.4 Å². The van der Waals surface area contributed by atoms with Gasteiger partial charge in [0.25, 0.3) is 0 Å². The number of hydrogen-bond donors (Lipinski definition) is 1. The molecule has 1 aromatic rings. The first-order valence-corrected chi connectivity index (χ1v) is 5.88. The summed E-state index contributed by atoms with van der Waals surface area (Å²) in [5.41, 5.74) is 1.05. The Kier molecular flexibility index (Phi) is 5.03. The van der Waals surface area contributed by atoms with Gasteiger partial charge in [0.2, 0.25) is 5.88 Å². The fourth-order valence-corrected chi connectivity index (χ4v) is 1.40. The van der Waals surface area contributed by atoms with Crippen LogP contribution in [0.2, 0.25) is 5.02 Å². The van der Waals surface area contributed by atoms with E-state index in [0.29, 0.717) is 16.8 Å². The van der Waals surface area contributed by atoms with Crippen LogP contribution >= 0.6 is 11.6 Å². The van der Waals surface area contributed by atoms with Crippen LogP contribution in [0, 0.1) is 5.92 Å². The molecule has 1 rings (SSSR count). The maximum Gasteiger partial charge on any atom is 0.232 e. The molecule has 1 aromatic heterocycles. The van der Waals surface area contributed by atoms with Crippen molar-refractivity contribution in [1.29, 1.82) is 0 Å².